The average Bonchev–Trinajstić information content (AvgIpc) is 2.33. The van der Waals surface area contributed by atoms with Crippen molar-refractivity contribution >= 4 is 34.7 Å². The fourth-order valence-corrected chi connectivity index (χ4v) is 2.38. The molecule has 0 fully saturated rings. The molecule has 0 aliphatic heterocycles. The molecule has 0 amide bonds. The summed E-state index contributed by atoms with van der Waals surface area (Å²) >= 11 is 12.1. The number of nitrogen functional groups attached to an aromatic ring is 1. The SMILES string of the molecule is Cc1cc(C(=O)c2ccc(N)cc2Cl)c(C)cc1Cl. The zero-order valence-corrected chi connectivity index (χ0v) is 12.1. The van der Waals surface area contributed by atoms with E-state index in [2.05, 4.69) is 0 Å². The minimum absolute atomic E-state index is 0.123. The van der Waals surface area contributed by atoms with Gasteiger partial charge in [0.15, 0.2) is 5.78 Å². The predicted octanol–water partition coefficient (Wildman–Crippen LogP) is 4.42. The Labute approximate surface area is 122 Å². The fraction of sp³-hybridized carbons (Fsp3) is 0.133. The Balaban J connectivity index is 2.53. The van der Waals surface area contributed by atoms with Gasteiger partial charge in [0.1, 0.15) is 0 Å². The molecule has 0 saturated heterocycles. The van der Waals surface area contributed by atoms with Gasteiger partial charge in [-0.05, 0) is 55.3 Å². The van der Waals surface area contributed by atoms with E-state index in [9.17, 15) is 4.79 Å². The van der Waals surface area contributed by atoms with Crippen LogP contribution < -0.4 is 5.73 Å². The third-order valence-corrected chi connectivity index (χ3v) is 3.71. The van der Waals surface area contributed by atoms with Crippen LogP contribution in [0.25, 0.3) is 0 Å². The minimum atomic E-state index is -0.123. The summed E-state index contributed by atoms with van der Waals surface area (Å²) < 4.78 is 0. The largest absolute Gasteiger partial charge is 0.399 e. The number of hydrogen-bond acceptors (Lipinski definition) is 2. The van der Waals surface area contributed by atoms with E-state index in [4.69, 9.17) is 28.9 Å². The van der Waals surface area contributed by atoms with Crippen molar-refractivity contribution in [1.29, 1.82) is 0 Å². The van der Waals surface area contributed by atoms with Gasteiger partial charge < -0.3 is 5.73 Å². The molecule has 0 aliphatic rings. The van der Waals surface area contributed by atoms with Crippen LogP contribution >= 0.6 is 23.2 Å². The van der Waals surface area contributed by atoms with Gasteiger partial charge in [-0.3, -0.25) is 4.79 Å². The summed E-state index contributed by atoms with van der Waals surface area (Å²) in [6, 6.07) is 8.45. The molecule has 0 spiro atoms. The van der Waals surface area contributed by atoms with Crippen LogP contribution in [0.4, 0.5) is 5.69 Å². The lowest BCUT2D eigenvalue weighted by molar-refractivity contribution is 0.103. The average molecular weight is 294 g/mol. The highest BCUT2D eigenvalue weighted by Gasteiger charge is 2.16. The number of aryl methyl sites for hydroxylation is 2. The summed E-state index contributed by atoms with van der Waals surface area (Å²) in [5.74, 6) is -0.123. The van der Waals surface area contributed by atoms with Crippen LogP contribution in [0.1, 0.15) is 27.0 Å². The maximum absolute atomic E-state index is 12.5. The Bertz CT molecular complexity index is 665. The molecule has 0 aliphatic carbocycles. The molecule has 0 unspecified atom stereocenters. The van der Waals surface area contributed by atoms with E-state index in [1.165, 1.54) is 0 Å². The normalized spacial score (nSPS) is 10.5. The Morgan fingerprint density at radius 3 is 2.26 bits per heavy atom. The number of benzene rings is 2. The fourth-order valence-electron chi connectivity index (χ4n) is 1.89. The van der Waals surface area contributed by atoms with Crippen molar-refractivity contribution in [2.75, 3.05) is 5.73 Å². The zero-order valence-electron chi connectivity index (χ0n) is 10.6. The maximum atomic E-state index is 12.5. The summed E-state index contributed by atoms with van der Waals surface area (Å²) in [6.07, 6.45) is 0. The molecule has 2 aromatic carbocycles. The maximum Gasteiger partial charge on any atom is 0.194 e. The monoisotopic (exact) mass is 293 g/mol. The summed E-state index contributed by atoms with van der Waals surface area (Å²) in [7, 11) is 0. The molecule has 98 valence electrons. The lowest BCUT2D eigenvalue weighted by Gasteiger charge is -2.09. The first-order valence-electron chi connectivity index (χ1n) is 5.76. The highest BCUT2D eigenvalue weighted by Crippen LogP contribution is 2.26. The number of ketones is 1. The number of nitrogens with two attached hydrogens (primary N) is 1. The highest BCUT2D eigenvalue weighted by atomic mass is 35.5. The number of carbonyl (C=O) groups excluding carboxylic acids is 1. The number of rotatable bonds is 2. The molecule has 0 radical (unpaired) electrons. The summed E-state index contributed by atoms with van der Waals surface area (Å²) in [5, 5.41) is 1.01. The minimum Gasteiger partial charge on any atom is -0.399 e. The lowest BCUT2D eigenvalue weighted by Crippen LogP contribution is -2.05. The Hall–Kier alpha value is -1.51. The van der Waals surface area contributed by atoms with E-state index in [0.29, 0.717) is 26.9 Å². The van der Waals surface area contributed by atoms with Gasteiger partial charge in [-0.1, -0.05) is 23.2 Å². The van der Waals surface area contributed by atoms with Gasteiger partial charge in [0.2, 0.25) is 0 Å². The summed E-state index contributed by atoms with van der Waals surface area (Å²) in [4.78, 5) is 12.5. The van der Waals surface area contributed by atoms with Crippen molar-refractivity contribution in [3.8, 4) is 0 Å². The second kappa shape index (κ2) is 5.24. The number of hydrogen-bond donors (Lipinski definition) is 1. The topological polar surface area (TPSA) is 43.1 Å². The summed E-state index contributed by atoms with van der Waals surface area (Å²) in [6.45, 7) is 3.72. The van der Waals surface area contributed by atoms with Crippen LogP contribution in [0.5, 0.6) is 0 Å². The second-order valence-electron chi connectivity index (χ2n) is 4.48. The van der Waals surface area contributed by atoms with E-state index >= 15 is 0 Å². The smallest absolute Gasteiger partial charge is 0.194 e. The molecule has 0 heterocycles. The Morgan fingerprint density at radius 1 is 0.947 bits per heavy atom. The quantitative estimate of drug-likeness (QED) is 0.658. The first kappa shape index (κ1) is 13.9. The lowest BCUT2D eigenvalue weighted by atomic mass is 9.97. The van der Waals surface area contributed by atoms with Crippen LogP contribution in [0.15, 0.2) is 30.3 Å². The van der Waals surface area contributed by atoms with Crippen LogP contribution in [0, 0.1) is 13.8 Å². The predicted molar refractivity (Wildman–Crippen MR) is 80.2 cm³/mol. The van der Waals surface area contributed by atoms with E-state index in [1.807, 2.05) is 13.8 Å². The summed E-state index contributed by atoms with van der Waals surface area (Å²) in [5.41, 5.74) is 8.90. The van der Waals surface area contributed by atoms with Gasteiger partial charge in [-0.15, -0.1) is 0 Å². The van der Waals surface area contributed by atoms with Crippen molar-refractivity contribution in [2.45, 2.75) is 13.8 Å². The molecule has 19 heavy (non-hydrogen) atoms. The third kappa shape index (κ3) is 2.75. The number of halogens is 2. The van der Waals surface area contributed by atoms with Crippen molar-refractivity contribution < 1.29 is 4.79 Å². The first-order valence-corrected chi connectivity index (χ1v) is 6.52. The van der Waals surface area contributed by atoms with Gasteiger partial charge in [0.25, 0.3) is 0 Å². The van der Waals surface area contributed by atoms with Crippen LogP contribution in [-0.4, -0.2) is 5.78 Å². The molecule has 2 N–H and O–H groups in total. The number of anilines is 1. The van der Waals surface area contributed by atoms with Crippen LogP contribution in [-0.2, 0) is 0 Å². The van der Waals surface area contributed by atoms with E-state index in [0.717, 1.165) is 11.1 Å². The highest BCUT2D eigenvalue weighted by molar-refractivity contribution is 6.35. The van der Waals surface area contributed by atoms with Gasteiger partial charge in [-0.25, -0.2) is 0 Å². The number of carbonyl (C=O) groups is 1. The van der Waals surface area contributed by atoms with Crippen molar-refractivity contribution in [2.24, 2.45) is 0 Å². The van der Waals surface area contributed by atoms with Gasteiger partial charge >= 0.3 is 0 Å². The van der Waals surface area contributed by atoms with Crippen molar-refractivity contribution in [3.63, 3.8) is 0 Å². The van der Waals surface area contributed by atoms with Gasteiger partial charge in [0, 0.05) is 21.8 Å². The molecule has 0 saturated carbocycles. The molecule has 0 bridgehead atoms. The van der Waals surface area contributed by atoms with Crippen LogP contribution in [0.2, 0.25) is 10.0 Å². The molecule has 2 aromatic rings. The zero-order chi connectivity index (χ0) is 14.2. The molecular weight excluding hydrogens is 281 g/mol. The van der Waals surface area contributed by atoms with E-state index < -0.39 is 0 Å². The molecule has 4 heteroatoms. The van der Waals surface area contributed by atoms with Crippen molar-refractivity contribution in [1.82, 2.24) is 0 Å². The van der Waals surface area contributed by atoms with Crippen molar-refractivity contribution in [3.05, 3.63) is 62.6 Å². The van der Waals surface area contributed by atoms with Gasteiger partial charge in [-0.2, -0.15) is 0 Å². The molecule has 0 aromatic heterocycles. The molecule has 0 atom stereocenters. The second-order valence-corrected chi connectivity index (χ2v) is 5.30. The van der Waals surface area contributed by atoms with Crippen LogP contribution in [0.3, 0.4) is 0 Å². The standard InChI is InChI=1S/C15H13Cl2NO/c1-8-6-13(16)9(2)5-12(8)15(19)11-4-3-10(18)7-14(11)17/h3-7H,18H2,1-2H3. The third-order valence-electron chi connectivity index (χ3n) is 2.99. The Kier molecular flexibility index (Phi) is 3.83. The molecular formula is C15H13Cl2NO. The van der Waals surface area contributed by atoms with Gasteiger partial charge in [0.05, 0.1) is 5.02 Å². The first-order chi connectivity index (χ1) is 8.90. The van der Waals surface area contributed by atoms with E-state index in [-0.39, 0.29) is 5.78 Å². The van der Waals surface area contributed by atoms with E-state index in [1.54, 1.807) is 30.3 Å². The molecule has 2 rings (SSSR count). The molecule has 2 nitrogen and oxygen atoms in total. The Morgan fingerprint density at radius 2 is 1.63 bits per heavy atom.